The van der Waals surface area contributed by atoms with Crippen molar-refractivity contribution in [1.82, 2.24) is 4.90 Å². The number of hydrogen-bond donors (Lipinski definition) is 1. The van der Waals surface area contributed by atoms with Gasteiger partial charge in [0.1, 0.15) is 0 Å². The summed E-state index contributed by atoms with van der Waals surface area (Å²) in [4.78, 5) is 3.78. The van der Waals surface area contributed by atoms with Gasteiger partial charge in [0.2, 0.25) is 0 Å². The van der Waals surface area contributed by atoms with E-state index in [0.29, 0.717) is 0 Å². The van der Waals surface area contributed by atoms with Crippen molar-refractivity contribution in [2.24, 2.45) is 11.1 Å². The molecule has 1 aliphatic rings. The molecule has 1 atom stereocenters. The van der Waals surface area contributed by atoms with Crippen molar-refractivity contribution >= 4 is 11.3 Å². The van der Waals surface area contributed by atoms with Crippen LogP contribution < -0.4 is 5.73 Å². The minimum absolute atomic E-state index is 0.171. The Morgan fingerprint density at radius 1 is 1.59 bits per heavy atom. The fourth-order valence-electron chi connectivity index (χ4n) is 2.56. The second-order valence-corrected chi connectivity index (χ2v) is 6.14. The van der Waals surface area contributed by atoms with Crippen LogP contribution in [0.2, 0.25) is 0 Å². The molecule has 1 unspecified atom stereocenters. The molecule has 17 heavy (non-hydrogen) atoms. The van der Waals surface area contributed by atoms with Gasteiger partial charge in [0, 0.05) is 36.5 Å². The molecule has 0 aromatic carbocycles. The monoisotopic (exact) mass is 254 g/mol. The molecule has 0 bridgehead atoms. The molecule has 2 heterocycles. The van der Waals surface area contributed by atoms with E-state index < -0.39 is 0 Å². The molecule has 1 fully saturated rings. The van der Waals surface area contributed by atoms with Crippen LogP contribution >= 0.6 is 11.3 Å². The van der Waals surface area contributed by atoms with Crippen LogP contribution in [0.15, 0.2) is 17.5 Å². The van der Waals surface area contributed by atoms with Crippen molar-refractivity contribution in [1.29, 1.82) is 0 Å². The molecule has 0 amide bonds. The maximum atomic E-state index is 5.96. The first-order valence-corrected chi connectivity index (χ1v) is 7.11. The normalized spacial score (nSPS) is 25.4. The molecule has 1 aromatic heterocycles. The standard InChI is InChI=1S/C13H22N2OS/c1-15(8-12-4-2-7-17-12)10-13(9-14)5-3-6-16-11-13/h2,4,7H,3,5-6,8-11,14H2,1H3. The fraction of sp³-hybridized carbons (Fsp3) is 0.692. The highest BCUT2D eigenvalue weighted by Crippen LogP contribution is 2.28. The van der Waals surface area contributed by atoms with Gasteiger partial charge in [-0.3, -0.25) is 0 Å². The lowest BCUT2D eigenvalue weighted by Crippen LogP contribution is -2.46. The molecule has 2 N–H and O–H groups in total. The topological polar surface area (TPSA) is 38.5 Å². The van der Waals surface area contributed by atoms with Crippen molar-refractivity contribution in [3.63, 3.8) is 0 Å². The van der Waals surface area contributed by atoms with Gasteiger partial charge >= 0.3 is 0 Å². The van der Waals surface area contributed by atoms with Gasteiger partial charge in [-0.15, -0.1) is 11.3 Å². The lowest BCUT2D eigenvalue weighted by molar-refractivity contribution is -0.0191. The molecular weight excluding hydrogens is 232 g/mol. The SMILES string of the molecule is CN(Cc1cccs1)CC1(CN)CCCOC1. The molecule has 3 nitrogen and oxygen atoms in total. The van der Waals surface area contributed by atoms with Crippen molar-refractivity contribution in [3.05, 3.63) is 22.4 Å². The largest absolute Gasteiger partial charge is 0.381 e. The summed E-state index contributed by atoms with van der Waals surface area (Å²) < 4.78 is 5.61. The number of rotatable bonds is 5. The van der Waals surface area contributed by atoms with Crippen molar-refractivity contribution in [2.45, 2.75) is 19.4 Å². The first kappa shape index (κ1) is 13.0. The Morgan fingerprint density at radius 2 is 2.47 bits per heavy atom. The van der Waals surface area contributed by atoms with Crippen molar-refractivity contribution in [2.75, 3.05) is 33.4 Å². The predicted molar refractivity (Wildman–Crippen MR) is 72.2 cm³/mol. The lowest BCUT2D eigenvalue weighted by Gasteiger charge is -2.38. The first-order valence-electron chi connectivity index (χ1n) is 6.23. The quantitative estimate of drug-likeness (QED) is 0.872. The third-order valence-corrected chi connectivity index (χ3v) is 4.31. The molecule has 0 saturated carbocycles. The highest BCUT2D eigenvalue weighted by Gasteiger charge is 2.32. The van der Waals surface area contributed by atoms with E-state index in [4.69, 9.17) is 10.5 Å². The Balaban J connectivity index is 1.89. The van der Waals surface area contributed by atoms with E-state index in [9.17, 15) is 0 Å². The van der Waals surface area contributed by atoms with E-state index in [1.807, 2.05) is 11.3 Å². The molecule has 4 heteroatoms. The summed E-state index contributed by atoms with van der Waals surface area (Å²) in [7, 11) is 2.17. The van der Waals surface area contributed by atoms with Crippen LogP contribution in [0, 0.1) is 5.41 Å². The van der Waals surface area contributed by atoms with E-state index in [2.05, 4.69) is 29.5 Å². The Labute approximate surface area is 108 Å². The molecule has 1 aliphatic heterocycles. The summed E-state index contributed by atoms with van der Waals surface area (Å²) in [5.74, 6) is 0. The Kier molecular flexibility index (Phi) is 4.56. The van der Waals surface area contributed by atoms with Gasteiger partial charge in [0.15, 0.2) is 0 Å². The summed E-state index contributed by atoms with van der Waals surface area (Å²) in [6, 6.07) is 4.30. The summed E-state index contributed by atoms with van der Waals surface area (Å²) in [5.41, 5.74) is 6.13. The lowest BCUT2D eigenvalue weighted by atomic mass is 9.82. The van der Waals surface area contributed by atoms with Gasteiger partial charge in [-0.2, -0.15) is 0 Å². The summed E-state index contributed by atoms with van der Waals surface area (Å²) >= 11 is 1.82. The molecule has 1 aromatic rings. The smallest absolute Gasteiger partial charge is 0.0546 e. The average Bonchev–Trinajstić information content (AvgIpc) is 2.83. The van der Waals surface area contributed by atoms with Crippen molar-refractivity contribution < 1.29 is 4.74 Å². The maximum absolute atomic E-state index is 5.96. The molecule has 96 valence electrons. The van der Waals surface area contributed by atoms with Gasteiger partial charge in [-0.1, -0.05) is 6.07 Å². The minimum Gasteiger partial charge on any atom is -0.381 e. The number of nitrogens with two attached hydrogens (primary N) is 1. The molecule has 0 radical (unpaired) electrons. The van der Waals surface area contributed by atoms with E-state index in [1.165, 1.54) is 11.3 Å². The van der Waals surface area contributed by atoms with Crippen LogP contribution in [-0.4, -0.2) is 38.3 Å². The first-order chi connectivity index (χ1) is 8.24. The van der Waals surface area contributed by atoms with Crippen LogP contribution in [0.3, 0.4) is 0 Å². The van der Waals surface area contributed by atoms with E-state index >= 15 is 0 Å². The highest BCUT2D eigenvalue weighted by molar-refractivity contribution is 7.09. The highest BCUT2D eigenvalue weighted by atomic mass is 32.1. The summed E-state index contributed by atoms with van der Waals surface area (Å²) in [6.07, 6.45) is 2.34. The van der Waals surface area contributed by atoms with Crippen LogP contribution in [0.1, 0.15) is 17.7 Å². The van der Waals surface area contributed by atoms with E-state index in [-0.39, 0.29) is 5.41 Å². The average molecular weight is 254 g/mol. The Hall–Kier alpha value is -0.420. The third-order valence-electron chi connectivity index (χ3n) is 3.45. The minimum atomic E-state index is 0.171. The second-order valence-electron chi connectivity index (χ2n) is 5.11. The van der Waals surface area contributed by atoms with Crippen LogP contribution in [0.5, 0.6) is 0 Å². The third kappa shape index (κ3) is 3.52. The zero-order valence-corrected chi connectivity index (χ0v) is 11.3. The number of nitrogens with zero attached hydrogens (tertiary/aromatic N) is 1. The molecule has 0 spiro atoms. The Morgan fingerprint density at radius 3 is 3.06 bits per heavy atom. The molecular formula is C13H22N2OS. The maximum Gasteiger partial charge on any atom is 0.0546 e. The molecule has 0 aliphatic carbocycles. The van der Waals surface area contributed by atoms with Crippen LogP contribution in [0.4, 0.5) is 0 Å². The van der Waals surface area contributed by atoms with E-state index in [0.717, 1.165) is 39.3 Å². The van der Waals surface area contributed by atoms with Gasteiger partial charge in [-0.05, 0) is 31.3 Å². The Bertz CT molecular complexity index is 320. The number of thiophene rings is 1. The van der Waals surface area contributed by atoms with Crippen molar-refractivity contribution in [3.8, 4) is 0 Å². The van der Waals surface area contributed by atoms with E-state index in [1.54, 1.807) is 0 Å². The number of ether oxygens (including phenoxy) is 1. The summed E-state index contributed by atoms with van der Waals surface area (Å²) in [5, 5.41) is 2.13. The fourth-order valence-corrected chi connectivity index (χ4v) is 3.34. The zero-order valence-electron chi connectivity index (χ0n) is 10.5. The van der Waals surface area contributed by atoms with Gasteiger partial charge in [0.05, 0.1) is 6.61 Å². The van der Waals surface area contributed by atoms with Crippen LogP contribution in [0.25, 0.3) is 0 Å². The van der Waals surface area contributed by atoms with Gasteiger partial charge < -0.3 is 15.4 Å². The zero-order chi connectivity index (χ0) is 12.1. The molecule has 2 rings (SSSR count). The predicted octanol–water partition coefficient (Wildman–Crippen LogP) is 1.94. The number of hydrogen-bond acceptors (Lipinski definition) is 4. The second kappa shape index (κ2) is 5.96. The van der Waals surface area contributed by atoms with Gasteiger partial charge in [-0.25, -0.2) is 0 Å². The van der Waals surface area contributed by atoms with Crippen LogP contribution in [-0.2, 0) is 11.3 Å². The van der Waals surface area contributed by atoms with Gasteiger partial charge in [0.25, 0.3) is 0 Å². The molecule has 1 saturated heterocycles. The summed E-state index contributed by atoms with van der Waals surface area (Å²) in [6.45, 7) is 4.48.